The lowest BCUT2D eigenvalue weighted by atomic mass is 9.97. The molecule has 2 amide bonds. The highest BCUT2D eigenvalue weighted by Crippen LogP contribution is 2.26. The number of ether oxygens (including phenoxy) is 2. The predicted octanol–water partition coefficient (Wildman–Crippen LogP) is 2.54. The number of nitrogens with zero attached hydrogens (tertiary/aromatic N) is 1. The van der Waals surface area contributed by atoms with Gasteiger partial charge in [0.2, 0.25) is 5.91 Å². The standard InChI is InChI=1S/C21H28N2O4/c1-26-18-10-4-5-11-19(18)27-15-20(24)22-13-16-7-6-12-23(14-16)21(25)17-8-2-3-9-17/h4-5,8,10-11,16H,2-3,6-7,9,12-15H2,1H3,(H,22,24). The molecule has 1 saturated heterocycles. The van der Waals surface area contributed by atoms with Gasteiger partial charge < -0.3 is 19.7 Å². The van der Waals surface area contributed by atoms with E-state index in [4.69, 9.17) is 9.47 Å². The second-order valence-corrected chi connectivity index (χ2v) is 7.12. The number of carbonyl (C=O) groups excluding carboxylic acids is 2. The van der Waals surface area contributed by atoms with Crippen molar-refractivity contribution in [2.45, 2.75) is 32.1 Å². The Kier molecular flexibility index (Phi) is 6.74. The number of hydrogen-bond donors (Lipinski definition) is 1. The summed E-state index contributed by atoms with van der Waals surface area (Å²) in [5.41, 5.74) is 0.963. The molecule has 1 aromatic rings. The van der Waals surface area contributed by atoms with Crippen molar-refractivity contribution in [1.29, 1.82) is 0 Å². The van der Waals surface area contributed by atoms with E-state index in [0.717, 1.165) is 44.2 Å². The molecule has 0 spiro atoms. The van der Waals surface area contributed by atoms with Crippen LogP contribution in [0.2, 0.25) is 0 Å². The fourth-order valence-electron chi connectivity index (χ4n) is 3.67. The van der Waals surface area contributed by atoms with Crippen LogP contribution in [-0.2, 0) is 9.59 Å². The molecule has 1 unspecified atom stereocenters. The Morgan fingerprint density at radius 2 is 2.04 bits per heavy atom. The molecule has 0 saturated carbocycles. The molecule has 1 aliphatic carbocycles. The zero-order valence-electron chi connectivity index (χ0n) is 15.9. The fourth-order valence-corrected chi connectivity index (χ4v) is 3.67. The highest BCUT2D eigenvalue weighted by molar-refractivity contribution is 5.93. The van der Waals surface area contributed by atoms with Crippen molar-refractivity contribution in [3.63, 3.8) is 0 Å². The van der Waals surface area contributed by atoms with Gasteiger partial charge in [-0.05, 0) is 50.2 Å². The zero-order valence-corrected chi connectivity index (χ0v) is 15.9. The summed E-state index contributed by atoms with van der Waals surface area (Å²) in [5.74, 6) is 1.47. The van der Waals surface area contributed by atoms with E-state index in [1.165, 1.54) is 0 Å². The fraction of sp³-hybridized carbons (Fsp3) is 0.524. The van der Waals surface area contributed by atoms with Crippen LogP contribution in [0, 0.1) is 5.92 Å². The van der Waals surface area contributed by atoms with E-state index < -0.39 is 0 Å². The van der Waals surface area contributed by atoms with Gasteiger partial charge in [0.25, 0.3) is 5.91 Å². The molecule has 6 heteroatoms. The van der Waals surface area contributed by atoms with Gasteiger partial charge in [-0.25, -0.2) is 0 Å². The second kappa shape index (κ2) is 9.44. The van der Waals surface area contributed by atoms with E-state index in [1.807, 2.05) is 17.0 Å². The number of likely N-dealkylation sites (tertiary alicyclic amines) is 1. The monoisotopic (exact) mass is 372 g/mol. The molecule has 0 aromatic heterocycles. The second-order valence-electron chi connectivity index (χ2n) is 7.12. The molecule has 1 fully saturated rings. The summed E-state index contributed by atoms with van der Waals surface area (Å²) in [4.78, 5) is 26.6. The highest BCUT2D eigenvalue weighted by atomic mass is 16.5. The van der Waals surface area contributed by atoms with Gasteiger partial charge in [-0.1, -0.05) is 18.2 Å². The first-order valence-corrected chi connectivity index (χ1v) is 9.68. The number of para-hydroxylation sites is 2. The maximum absolute atomic E-state index is 12.5. The van der Waals surface area contributed by atoms with Gasteiger partial charge in [0.15, 0.2) is 18.1 Å². The number of nitrogens with one attached hydrogen (secondary N) is 1. The number of benzene rings is 1. The molecule has 3 rings (SSSR count). The first-order valence-electron chi connectivity index (χ1n) is 9.68. The SMILES string of the molecule is COc1ccccc1OCC(=O)NCC1CCCN(C(=O)C2=CCCC2)C1. The van der Waals surface area contributed by atoms with Crippen LogP contribution in [0.25, 0.3) is 0 Å². The average molecular weight is 372 g/mol. The summed E-state index contributed by atoms with van der Waals surface area (Å²) in [6.07, 6.45) is 7.08. The number of hydrogen-bond acceptors (Lipinski definition) is 4. The maximum atomic E-state index is 12.5. The van der Waals surface area contributed by atoms with Gasteiger partial charge in [0.05, 0.1) is 7.11 Å². The zero-order chi connectivity index (χ0) is 19.1. The van der Waals surface area contributed by atoms with Crippen molar-refractivity contribution in [2.24, 2.45) is 5.92 Å². The molecule has 27 heavy (non-hydrogen) atoms. The molecular weight excluding hydrogens is 344 g/mol. The number of amides is 2. The van der Waals surface area contributed by atoms with E-state index in [-0.39, 0.29) is 18.4 Å². The predicted molar refractivity (Wildman–Crippen MR) is 103 cm³/mol. The lowest BCUT2D eigenvalue weighted by Crippen LogP contribution is -2.44. The first kappa shape index (κ1) is 19.3. The van der Waals surface area contributed by atoms with Gasteiger partial charge in [-0.3, -0.25) is 9.59 Å². The van der Waals surface area contributed by atoms with E-state index in [1.54, 1.807) is 19.2 Å². The Labute approximate surface area is 160 Å². The molecule has 1 aromatic carbocycles. The summed E-state index contributed by atoms with van der Waals surface area (Å²) in [5, 5.41) is 2.93. The van der Waals surface area contributed by atoms with E-state index in [9.17, 15) is 9.59 Å². The number of piperidine rings is 1. The van der Waals surface area contributed by atoms with Crippen LogP contribution < -0.4 is 14.8 Å². The summed E-state index contributed by atoms with van der Waals surface area (Å²) in [6, 6.07) is 7.25. The molecule has 1 N–H and O–H groups in total. The van der Waals surface area contributed by atoms with Crippen LogP contribution in [0.15, 0.2) is 35.9 Å². The Bertz CT molecular complexity index is 701. The van der Waals surface area contributed by atoms with Crippen molar-refractivity contribution in [3.05, 3.63) is 35.9 Å². The molecule has 6 nitrogen and oxygen atoms in total. The minimum atomic E-state index is -0.164. The van der Waals surface area contributed by atoms with Gasteiger partial charge >= 0.3 is 0 Å². The van der Waals surface area contributed by atoms with Crippen LogP contribution in [0.3, 0.4) is 0 Å². The number of rotatable bonds is 7. The molecule has 1 aliphatic heterocycles. The van der Waals surface area contributed by atoms with Crippen LogP contribution in [0.1, 0.15) is 32.1 Å². The molecule has 1 atom stereocenters. The molecule has 1 heterocycles. The first-order chi connectivity index (χ1) is 13.2. The number of carbonyl (C=O) groups is 2. The van der Waals surface area contributed by atoms with Crippen molar-refractivity contribution in [1.82, 2.24) is 10.2 Å². The minimum absolute atomic E-state index is 0.0530. The third-order valence-electron chi connectivity index (χ3n) is 5.14. The third kappa shape index (κ3) is 5.25. The smallest absolute Gasteiger partial charge is 0.257 e. The van der Waals surface area contributed by atoms with Crippen LogP contribution in [0.5, 0.6) is 11.5 Å². The van der Waals surface area contributed by atoms with Crippen molar-refractivity contribution in [2.75, 3.05) is 33.4 Å². The van der Waals surface area contributed by atoms with Crippen molar-refractivity contribution >= 4 is 11.8 Å². The number of allylic oxidation sites excluding steroid dienone is 1. The Morgan fingerprint density at radius 1 is 1.22 bits per heavy atom. The minimum Gasteiger partial charge on any atom is -0.493 e. The maximum Gasteiger partial charge on any atom is 0.257 e. The van der Waals surface area contributed by atoms with Gasteiger partial charge in [-0.2, -0.15) is 0 Å². The molecule has 0 radical (unpaired) electrons. The largest absolute Gasteiger partial charge is 0.493 e. The highest BCUT2D eigenvalue weighted by Gasteiger charge is 2.26. The topological polar surface area (TPSA) is 67.9 Å². The van der Waals surface area contributed by atoms with Crippen molar-refractivity contribution in [3.8, 4) is 11.5 Å². The summed E-state index contributed by atoms with van der Waals surface area (Å²) < 4.78 is 10.8. The summed E-state index contributed by atoms with van der Waals surface area (Å²) in [7, 11) is 1.57. The summed E-state index contributed by atoms with van der Waals surface area (Å²) in [6.45, 7) is 2.04. The lowest BCUT2D eigenvalue weighted by molar-refractivity contribution is -0.129. The average Bonchev–Trinajstić information content (AvgIpc) is 3.25. The molecule has 0 bridgehead atoms. The Hall–Kier alpha value is -2.50. The Balaban J connectivity index is 1.42. The van der Waals surface area contributed by atoms with Gasteiger partial charge in [-0.15, -0.1) is 0 Å². The summed E-state index contributed by atoms with van der Waals surface area (Å²) >= 11 is 0. The Morgan fingerprint density at radius 3 is 2.78 bits per heavy atom. The normalized spacial score (nSPS) is 19.4. The van der Waals surface area contributed by atoms with Gasteiger partial charge in [0.1, 0.15) is 0 Å². The third-order valence-corrected chi connectivity index (χ3v) is 5.14. The molecular formula is C21H28N2O4. The quantitative estimate of drug-likeness (QED) is 0.799. The van der Waals surface area contributed by atoms with Gasteiger partial charge in [0, 0.05) is 25.2 Å². The van der Waals surface area contributed by atoms with Crippen molar-refractivity contribution < 1.29 is 19.1 Å². The molecule has 146 valence electrons. The van der Waals surface area contributed by atoms with E-state index in [2.05, 4.69) is 11.4 Å². The van der Waals surface area contributed by atoms with E-state index in [0.29, 0.717) is 30.5 Å². The van der Waals surface area contributed by atoms with Crippen LogP contribution in [-0.4, -0.2) is 50.1 Å². The molecule has 2 aliphatic rings. The van der Waals surface area contributed by atoms with Crippen LogP contribution >= 0.6 is 0 Å². The van der Waals surface area contributed by atoms with Crippen LogP contribution in [0.4, 0.5) is 0 Å². The van der Waals surface area contributed by atoms with E-state index >= 15 is 0 Å². The lowest BCUT2D eigenvalue weighted by Gasteiger charge is -2.33. The number of methoxy groups -OCH3 is 1.